The van der Waals surface area contributed by atoms with Crippen LogP contribution >= 0.6 is 0 Å². The van der Waals surface area contributed by atoms with Crippen LogP contribution in [0.5, 0.6) is 23.0 Å². The summed E-state index contributed by atoms with van der Waals surface area (Å²) in [7, 11) is 0. The molecule has 0 spiro atoms. The fraction of sp³-hybridized carbons (Fsp3) is 0.258. The molecule has 0 saturated heterocycles. The average Bonchev–Trinajstić information content (AvgIpc) is 3.84. The van der Waals surface area contributed by atoms with Crippen LogP contribution in [0.4, 0.5) is 0 Å². The number of nitrogens with zero attached hydrogens (tertiary/aromatic N) is 2. The molecular weight excluding hydrogens is 869 g/mol. The number of phenolic OH excluding ortho intramolecular Hbond substituents is 2. The van der Waals surface area contributed by atoms with Crippen molar-refractivity contribution in [3.8, 4) is 34.1 Å². The number of hydrogen-bond donors (Lipinski definition) is 4. The molecule has 0 bridgehead atoms. The second kappa shape index (κ2) is 18.6. The molecule has 2 aliphatic carbocycles. The van der Waals surface area contributed by atoms with Gasteiger partial charge >= 0.3 is 0 Å². The maximum Gasteiger partial charge on any atom is 0.128 e. The molecule has 2 aliphatic rings. The molecule has 4 atom stereocenters. The largest absolute Gasteiger partial charge is 0.507 e. The zero-order chi connectivity index (χ0) is 48.9. The number of rotatable bonds is 11. The second-order valence-electron chi connectivity index (χ2n) is 20.9. The molecule has 0 saturated carbocycles. The fourth-order valence-electron chi connectivity index (χ4n) is 10.3. The Bertz CT molecular complexity index is 3120. The predicted octanol–water partition coefficient (Wildman–Crippen LogP) is 13.0. The summed E-state index contributed by atoms with van der Waals surface area (Å²) in [6, 6.07) is 47.8. The van der Waals surface area contributed by atoms with Gasteiger partial charge in [0.05, 0.1) is 12.2 Å². The Morgan fingerprint density at radius 2 is 0.886 bits per heavy atom. The van der Waals surface area contributed by atoms with E-state index in [1.165, 1.54) is 0 Å². The van der Waals surface area contributed by atoms with E-state index in [9.17, 15) is 20.4 Å². The Labute approximate surface area is 410 Å². The summed E-state index contributed by atoms with van der Waals surface area (Å²) in [5.41, 5.74) is 9.54. The lowest BCUT2D eigenvalue weighted by Gasteiger charge is -2.24. The van der Waals surface area contributed by atoms with Gasteiger partial charge in [-0.2, -0.15) is 0 Å². The Balaban J connectivity index is 1.02. The van der Waals surface area contributed by atoms with Crippen LogP contribution in [-0.2, 0) is 36.9 Å². The van der Waals surface area contributed by atoms with Gasteiger partial charge < -0.3 is 29.9 Å². The van der Waals surface area contributed by atoms with Crippen LogP contribution in [0.1, 0.15) is 109 Å². The van der Waals surface area contributed by atoms with Crippen LogP contribution in [0.25, 0.3) is 32.7 Å². The maximum atomic E-state index is 11.7. The normalized spacial score (nSPS) is 18.0. The van der Waals surface area contributed by atoms with Crippen LogP contribution in [0.2, 0.25) is 0 Å². The minimum absolute atomic E-state index is 0.158. The van der Waals surface area contributed by atoms with Gasteiger partial charge in [0.15, 0.2) is 0 Å². The van der Waals surface area contributed by atoms with E-state index in [4.69, 9.17) is 19.5 Å². The van der Waals surface area contributed by atoms with Gasteiger partial charge in [0.2, 0.25) is 0 Å². The molecular formula is C62H60N2O6. The highest BCUT2D eigenvalue weighted by Gasteiger charge is 2.32. The molecule has 0 heterocycles. The summed E-state index contributed by atoms with van der Waals surface area (Å²) in [5.74, 6) is 1.65. The van der Waals surface area contributed by atoms with E-state index in [0.717, 1.165) is 77.2 Å². The molecule has 70 heavy (non-hydrogen) atoms. The number of aromatic hydroxyl groups is 2. The molecule has 0 aromatic heterocycles. The Morgan fingerprint density at radius 1 is 0.500 bits per heavy atom. The van der Waals surface area contributed by atoms with Gasteiger partial charge in [-0.1, -0.05) is 151 Å². The van der Waals surface area contributed by atoms with E-state index in [1.807, 2.05) is 109 Å². The smallest absolute Gasteiger partial charge is 0.128 e. The molecule has 0 amide bonds. The third-order valence-electron chi connectivity index (χ3n) is 13.9. The number of aliphatic hydroxyl groups excluding tert-OH is 2. The fourth-order valence-corrected chi connectivity index (χ4v) is 10.3. The minimum Gasteiger partial charge on any atom is -0.507 e. The molecule has 8 nitrogen and oxygen atoms in total. The zero-order valence-electron chi connectivity index (χ0n) is 40.6. The van der Waals surface area contributed by atoms with Gasteiger partial charge in [0, 0.05) is 58.7 Å². The molecule has 0 aliphatic heterocycles. The van der Waals surface area contributed by atoms with Crippen molar-refractivity contribution >= 4 is 34.0 Å². The van der Waals surface area contributed by atoms with Crippen LogP contribution in [0.15, 0.2) is 156 Å². The minimum atomic E-state index is -0.644. The highest BCUT2D eigenvalue weighted by Crippen LogP contribution is 2.47. The van der Waals surface area contributed by atoms with Crippen molar-refractivity contribution in [2.45, 2.75) is 103 Å². The summed E-state index contributed by atoms with van der Waals surface area (Å²) in [6.45, 7) is 12.8. The van der Waals surface area contributed by atoms with Crippen molar-refractivity contribution in [3.05, 3.63) is 201 Å². The first-order valence-electron chi connectivity index (χ1n) is 24.2. The lowest BCUT2D eigenvalue weighted by Crippen LogP contribution is -2.14. The van der Waals surface area contributed by atoms with E-state index in [1.54, 1.807) is 12.4 Å². The summed E-state index contributed by atoms with van der Waals surface area (Å²) in [4.78, 5) is 9.74. The Morgan fingerprint density at radius 3 is 1.30 bits per heavy atom. The summed E-state index contributed by atoms with van der Waals surface area (Å²) in [6.07, 6.45) is 3.17. The van der Waals surface area contributed by atoms with E-state index in [0.29, 0.717) is 35.5 Å². The number of fused-ring (bicyclic) bond motifs is 4. The van der Waals surface area contributed by atoms with E-state index in [-0.39, 0.29) is 24.7 Å². The molecule has 0 fully saturated rings. The first-order chi connectivity index (χ1) is 33.6. The standard InChI is InChI=1S/C62H60N2O6/c1-61(2,3)49-29-37(27-43(59(49)67)33-63-57-47-21-13-9-17-41(47)31-51(57)65)35-69-53-25-23-39-15-7-11-19-45(39)55(53)56-46-20-12-8-16-40(46)24-26-54(56)70-36-38-28-44(60(68)50(30-38)62(4,5)6)34-64-58-48-22-14-10-18-42(48)32-52(58)66/h7-30,33-34,51-52,57-58,65-68H,31-32,35-36H2,1-6H3/t51-,52-,57+,58+/m0/s1. The molecule has 8 aromatic rings. The molecule has 0 unspecified atom stereocenters. The van der Waals surface area contributed by atoms with Crippen LogP contribution < -0.4 is 9.47 Å². The SMILES string of the molecule is CC(C)(C)c1cc(COc2ccc3ccccc3c2-c2c(OCc3cc(C=N[C@@H]4c5ccccc5C[C@@H]4O)c(O)c(C(C)(C)C)c3)ccc3ccccc23)cc(C=N[C@@H]2c3ccccc3C[C@@H]2O)c1O. The highest BCUT2D eigenvalue weighted by atomic mass is 16.5. The van der Waals surface area contributed by atoms with Crippen molar-refractivity contribution in [1.82, 2.24) is 0 Å². The predicted molar refractivity (Wildman–Crippen MR) is 282 cm³/mol. The Hall–Kier alpha value is -7.26. The van der Waals surface area contributed by atoms with Crippen molar-refractivity contribution in [3.63, 3.8) is 0 Å². The van der Waals surface area contributed by atoms with Crippen LogP contribution in [-0.4, -0.2) is 45.1 Å². The number of aliphatic hydroxyl groups is 2. The highest BCUT2D eigenvalue weighted by molar-refractivity contribution is 6.09. The Kier molecular flexibility index (Phi) is 12.3. The van der Waals surface area contributed by atoms with Gasteiger partial charge in [-0.15, -0.1) is 0 Å². The molecule has 8 aromatic carbocycles. The van der Waals surface area contributed by atoms with Gasteiger partial charge in [-0.05, 0) is 102 Å². The topological polar surface area (TPSA) is 124 Å². The number of benzene rings is 8. The number of hydrogen-bond acceptors (Lipinski definition) is 8. The van der Waals surface area contributed by atoms with Gasteiger partial charge in [-0.3, -0.25) is 9.98 Å². The quantitative estimate of drug-likeness (QED) is 0.0958. The first-order valence-corrected chi connectivity index (χ1v) is 24.2. The van der Waals surface area contributed by atoms with Gasteiger partial charge in [0.25, 0.3) is 0 Å². The van der Waals surface area contributed by atoms with Crippen LogP contribution in [0, 0.1) is 0 Å². The lowest BCUT2D eigenvalue weighted by atomic mass is 9.84. The van der Waals surface area contributed by atoms with Crippen molar-refractivity contribution < 1.29 is 29.9 Å². The third-order valence-corrected chi connectivity index (χ3v) is 13.9. The summed E-state index contributed by atoms with van der Waals surface area (Å²) >= 11 is 0. The van der Waals surface area contributed by atoms with Crippen molar-refractivity contribution in [1.29, 1.82) is 0 Å². The number of ether oxygens (including phenoxy) is 2. The molecule has 4 N–H and O–H groups in total. The lowest BCUT2D eigenvalue weighted by molar-refractivity contribution is 0.159. The zero-order valence-corrected chi connectivity index (χ0v) is 40.6. The van der Waals surface area contributed by atoms with E-state index < -0.39 is 35.1 Å². The van der Waals surface area contributed by atoms with Crippen LogP contribution in [0.3, 0.4) is 0 Å². The molecule has 354 valence electrons. The summed E-state index contributed by atoms with van der Waals surface area (Å²) < 4.78 is 13.9. The molecule has 0 radical (unpaired) electrons. The number of aliphatic imine (C=N–C) groups is 2. The first kappa shape index (κ1) is 46.5. The van der Waals surface area contributed by atoms with E-state index in [2.05, 4.69) is 77.9 Å². The van der Waals surface area contributed by atoms with Crippen molar-refractivity contribution in [2.24, 2.45) is 9.98 Å². The average molecular weight is 929 g/mol. The van der Waals surface area contributed by atoms with E-state index >= 15 is 0 Å². The third kappa shape index (κ3) is 9.05. The van der Waals surface area contributed by atoms with Crippen molar-refractivity contribution in [2.75, 3.05) is 0 Å². The maximum absolute atomic E-state index is 11.7. The molecule has 10 rings (SSSR count). The number of phenols is 2. The second-order valence-corrected chi connectivity index (χ2v) is 20.9. The monoisotopic (exact) mass is 928 g/mol. The van der Waals surface area contributed by atoms with Gasteiger partial charge in [0.1, 0.15) is 48.3 Å². The van der Waals surface area contributed by atoms with Gasteiger partial charge in [-0.25, -0.2) is 0 Å². The summed E-state index contributed by atoms with van der Waals surface area (Å²) in [5, 5.41) is 49.5. The molecule has 8 heteroatoms.